The zero-order valence-corrected chi connectivity index (χ0v) is 34.6. The van der Waals surface area contributed by atoms with Crippen molar-refractivity contribution < 1.29 is 29.0 Å². The number of carbonyl (C=O) groups is 3. The van der Waals surface area contributed by atoms with Crippen LogP contribution in [-0.4, -0.2) is 68.8 Å². The molecule has 3 heterocycles. The second kappa shape index (κ2) is 16.5. The summed E-state index contributed by atoms with van der Waals surface area (Å²) in [5.74, 6) is -0.333. The van der Waals surface area contributed by atoms with E-state index in [9.17, 15) is 19.6 Å². The number of benzene rings is 2. The van der Waals surface area contributed by atoms with Crippen molar-refractivity contribution in [2.75, 3.05) is 23.9 Å². The third kappa shape index (κ3) is 8.31. The van der Waals surface area contributed by atoms with Crippen LogP contribution in [0.2, 0.25) is 0 Å². The molecule has 302 valence electrons. The SMILES string of the molecule is CCCCN1c2cc(C)c(N=C3C(C#N)=C(C(=O)OC4C(C)CC(C)CC4C)c4nc(-c5ccc(OC)c(NC(=O)CCC(=O)O)c5)nn43)cc2C(C)CC1(C)C. The molecule has 3 aromatic rings. The summed E-state index contributed by atoms with van der Waals surface area (Å²) in [5.41, 5.74) is 4.75. The number of ether oxygens (including phenoxy) is 2. The Labute approximate surface area is 335 Å². The summed E-state index contributed by atoms with van der Waals surface area (Å²) in [6, 6.07) is 11.5. The maximum absolute atomic E-state index is 14.3. The molecule has 13 nitrogen and oxygen atoms in total. The van der Waals surface area contributed by atoms with Crippen LogP contribution in [0.3, 0.4) is 0 Å². The number of carbonyl (C=O) groups excluding carboxylic acids is 2. The summed E-state index contributed by atoms with van der Waals surface area (Å²) in [7, 11) is 1.46. The molecule has 1 aliphatic carbocycles. The van der Waals surface area contributed by atoms with Crippen LogP contribution in [-0.2, 0) is 19.1 Å². The van der Waals surface area contributed by atoms with Gasteiger partial charge in [-0.05, 0) is 112 Å². The Hall–Kier alpha value is -5.51. The van der Waals surface area contributed by atoms with Crippen molar-refractivity contribution in [3.63, 3.8) is 0 Å². The van der Waals surface area contributed by atoms with E-state index in [4.69, 9.17) is 29.7 Å². The number of esters is 1. The number of nitrogens with one attached hydrogen (secondary N) is 1. The van der Waals surface area contributed by atoms with Gasteiger partial charge in [-0.1, -0.05) is 41.0 Å². The standard InChI is InChI=1S/C44H55N7O6/c1-10-11-16-50-34-19-25(3)32(21-30(34)28(6)22-44(50,7)8)47-41-31(23-45)38(43(55)57-39-26(4)17-24(2)18-27(39)5)42-48-40(49-51(41)42)29-12-13-35(56-9)33(20-29)46-36(52)14-15-37(53)54/h12-13,19-21,24,26-28,39H,10-11,14-18,22H2,1-9H3,(H,46,52)(H,53,54). The van der Waals surface area contributed by atoms with Crippen molar-refractivity contribution in [1.29, 1.82) is 5.26 Å². The minimum atomic E-state index is -1.08. The molecular weight excluding hydrogens is 723 g/mol. The smallest absolute Gasteiger partial charge is 0.343 e. The number of hydrogen-bond donors (Lipinski definition) is 2. The average molecular weight is 778 g/mol. The lowest BCUT2D eigenvalue weighted by Crippen LogP contribution is -2.48. The molecule has 0 spiro atoms. The predicted octanol–water partition coefficient (Wildman–Crippen LogP) is 8.44. The average Bonchev–Trinajstić information content (AvgIpc) is 3.69. The number of fused-ring (bicyclic) bond motifs is 2. The second-order valence-electron chi connectivity index (χ2n) is 16.8. The zero-order valence-electron chi connectivity index (χ0n) is 34.6. The van der Waals surface area contributed by atoms with Crippen LogP contribution < -0.4 is 15.0 Å². The van der Waals surface area contributed by atoms with Crippen molar-refractivity contribution in [3.05, 3.63) is 52.9 Å². The lowest BCUT2D eigenvalue weighted by atomic mass is 9.75. The molecule has 0 saturated heterocycles. The van der Waals surface area contributed by atoms with Crippen molar-refractivity contribution in [2.45, 2.75) is 118 Å². The zero-order chi connectivity index (χ0) is 41.3. The van der Waals surface area contributed by atoms with Gasteiger partial charge in [0.2, 0.25) is 5.91 Å². The molecule has 6 rings (SSSR count). The van der Waals surface area contributed by atoms with Crippen LogP contribution in [0.1, 0.15) is 116 Å². The Morgan fingerprint density at radius 2 is 1.81 bits per heavy atom. The molecule has 0 bridgehead atoms. The number of unbranched alkanes of at least 4 members (excludes halogenated alkanes) is 1. The number of aromatic nitrogens is 3. The first-order chi connectivity index (χ1) is 27.1. The molecule has 57 heavy (non-hydrogen) atoms. The molecule has 2 N–H and O–H groups in total. The Bertz CT molecular complexity index is 2170. The highest BCUT2D eigenvalue weighted by atomic mass is 16.5. The molecule has 0 radical (unpaired) electrons. The highest BCUT2D eigenvalue weighted by molar-refractivity contribution is 6.30. The Morgan fingerprint density at radius 3 is 2.46 bits per heavy atom. The van der Waals surface area contributed by atoms with Gasteiger partial charge in [-0.25, -0.2) is 14.8 Å². The number of aliphatic imine (C=N–C) groups is 1. The summed E-state index contributed by atoms with van der Waals surface area (Å²) in [6.07, 6.45) is 4.11. The van der Waals surface area contributed by atoms with Crippen LogP contribution in [0.4, 0.5) is 17.1 Å². The van der Waals surface area contributed by atoms with E-state index in [0.29, 0.717) is 28.6 Å². The fourth-order valence-corrected chi connectivity index (χ4v) is 9.06. The third-order valence-corrected chi connectivity index (χ3v) is 11.7. The normalized spacial score (nSPS) is 23.1. The number of amides is 1. The van der Waals surface area contributed by atoms with Crippen LogP contribution in [0.15, 0.2) is 40.9 Å². The number of methoxy groups -OCH3 is 1. The fourth-order valence-electron chi connectivity index (χ4n) is 9.06. The first kappa shape index (κ1) is 41.1. The van der Waals surface area contributed by atoms with Gasteiger partial charge < -0.3 is 24.8 Å². The number of allylic oxidation sites excluding steroid dienone is 1. The summed E-state index contributed by atoms with van der Waals surface area (Å²) in [4.78, 5) is 50.5. The molecule has 2 aliphatic heterocycles. The highest BCUT2D eigenvalue weighted by Crippen LogP contribution is 2.46. The summed E-state index contributed by atoms with van der Waals surface area (Å²) in [5, 5.41) is 27.3. The van der Waals surface area contributed by atoms with E-state index in [1.54, 1.807) is 18.2 Å². The number of aryl methyl sites for hydroxylation is 1. The van der Waals surface area contributed by atoms with Crippen LogP contribution in [0, 0.1) is 36.0 Å². The number of rotatable bonds is 12. The number of carboxylic acids is 1. The van der Waals surface area contributed by atoms with Crippen molar-refractivity contribution in [1.82, 2.24) is 14.8 Å². The Kier molecular flexibility index (Phi) is 11.9. The molecule has 3 aliphatic rings. The summed E-state index contributed by atoms with van der Waals surface area (Å²) >= 11 is 0. The van der Waals surface area contributed by atoms with Crippen LogP contribution in [0.5, 0.6) is 5.75 Å². The molecule has 13 heteroatoms. The van der Waals surface area contributed by atoms with Crippen molar-refractivity contribution >= 4 is 46.3 Å². The van der Waals surface area contributed by atoms with E-state index in [1.165, 1.54) is 23.0 Å². The molecule has 1 fully saturated rings. The van der Waals surface area contributed by atoms with Gasteiger partial charge in [0.1, 0.15) is 29.1 Å². The molecule has 1 saturated carbocycles. The summed E-state index contributed by atoms with van der Waals surface area (Å²) < 4.78 is 13.2. The quantitative estimate of drug-likeness (QED) is 0.170. The van der Waals surface area contributed by atoms with E-state index < -0.39 is 17.8 Å². The number of aliphatic carboxylic acids is 1. The van der Waals surface area contributed by atoms with Gasteiger partial charge in [0, 0.05) is 29.8 Å². The number of nitriles is 1. The number of nitrogens with zero attached hydrogens (tertiary/aromatic N) is 6. The molecule has 3 atom stereocenters. The summed E-state index contributed by atoms with van der Waals surface area (Å²) in [6.45, 7) is 18.4. The maximum atomic E-state index is 14.3. The van der Waals surface area contributed by atoms with E-state index >= 15 is 0 Å². The minimum Gasteiger partial charge on any atom is -0.495 e. The fraction of sp³-hybridized carbons (Fsp3) is 0.523. The van der Waals surface area contributed by atoms with Crippen LogP contribution in [0.25, 0.3) is 17.0 Å². The second-order valence-corrected chi connectivity index (χ2v) is 16.8. The third-order valence-electron chi connectivity index (χ3n) is 11.7. The monoisotopic (exact) mass is 777 g/mol. The molecule has 1 aromatic heterocycles. The number of hydrogen-bond acceptors (Lipinski definition) is 10. The van der Waals surface area contributed by atoms with E-state index in [2.05, 4.69) is 76.9 Å². The van der Waals surface area contributed by atoms with Gasteiger partial charge >= 0.3 is 11.9 Å². The van der Waals surface area contributed by atoms with Gasteiger partial charge in [-0.2, -0.15) is 9.94 Å². The lowest BCUT2D eigenvalue weighted by molar-refractivity contribution is -0.150. The molecule has 1 amide bonds. The van der Waals surface area contributed by atoms with Gasteiger partial charge in [-0.15, -0.1) is 5.10 Å². The van der Waals surface area contributed by atoms with Gasteiger partial charge in [0.15, 0.2) is 17.5 Å². The van der Waals surface area contributed by atoms with E-state index in [1.807, 2.05) is 6.92 Å². The molecule has 3 unspecified atom stereocenters. The highest BCUT2D eigenvalue weighted by Gasteiger charge is 2.41. The largest absolute Gasteiger partial charge is 0.495 e. The Balaban J connectivity index is 1.47. The van der Waals surface area contributed by atoms with Gasteiger partial charge in [0.25, 0.3) is 0 Å². The topological polar surface area (TPSA) is 172 Å². The van der Waals surface area contributed by atoms with E-state index in [0.717, 1.165) is 44.2 Å². The Morgan fingerprint density at radius 1 is 1.09 bits per heavy atom. The van der Waals surface area contributed by atoms with Crippen molar-refractivity contribution in [3.8, 4) is 23.2 Å². The van der Waals surface area contributed by atoms with Crippen molar-refractivity contribution in [2.24, 2.45) is 22.7 Å². The molecule has 2 aromatic carbocycles. The van der Waals surface area contributed by atoms with Crippen LogP contribution >= 0.6 is 0 Å². The number of carboxylic acid groups (broad SMARTS) is 1. The van der Waals surface area contributed by atoms with E-state index in [-0.39, 0.29) is 70.9 Å². The van der Waals surface area contributed by atoms with Gasteiger partial charge in [0.05, 0.1) is 24.9 Å². The predicted molar refractivity (Wildman–Crippen MR) is 220 cm³/mol. The first-order valence-electron chi connectivity index (χ1n) is 20.1. The minimum absolute atomic E-state index is 0.000187. The van der Waals surface area contributed by atoms with Gasteiger partial charge in [-0.3, -0.25) is 9.59 Å². The number of anilines is 2. The maximum Gasteiger partial charge on any atom is 0.343 e. The molecular formula is C44H55N7O6. The lowest BCUT2D eigenvalue weighted by Gasteiger charge is -2.48. The first-order valence-corrected chi connectivity index (χ1v) is 20.1.